The fourth-order valence-corrected chi connectivity index (χ4v) is 2.61. The number of carbonyl (C=O) groups excluding carboxylic acids is 2. The third-order valence-corrected chi connectivity index (χ3v) is 3.74. The summed E-state index contributed by atoms with van der Waals surface area (Å²) in [5.74, 6) is 0.0427. The summed E-state index contributed by atoms with van der Waals surface area (Å²) in [6, 6.07) is 8.59. The largest absolute Gasteiger partial charge is 0.491 e. The van der Waals surface area contributed by atoms with Gasteiger partial charge in [-0.15, -0.1) is 0 Å². The molecule has 1 aliphatic heterocycles. The zero-order valence-corrected chi connectivity index (χ0v) is 13.8. The van der Waals surface area contributed by atoms with E-state index in [1.807, 2.05) is 30.3 Å². The first-order valence-electron chi connectivity index (χ1n) is 8.13. The highest BCUT2D eigenvalue weighted by Gasteiger charge is 2.33. The van der Waals surface area contributed by atoms with E-state index in [0.717, 1.165) is 0 Å². The highest BCUT2D eigenvalue weighted by atomic mass is 16.5. The molecule has 1 amide bonds. The molecule has 1 aromatic carbocycles. The number of hydrogen-bond acceptors (Lipinski definition) is 6. The topological polar surface area (TPSA) is 88.1 Å². The zero-order valence-electron chi connectivity index (χ0n) is 13.8. The molecular formula is C17H24N2O5. The van der Waals surface area contributed by atoms with Gasteiger partial charge in [0.25, 0.3) is 0 Å². The van der Waals surface area contributed by atoms with Gasteiger partial charge in [-0.3, -0.25) is 14.5 Å². The Kier molecular flexibility index (Phi) is 7.02. The molecule has 1 saturated heterocycles. The van der Waals surface area contributed by atoms with Crippen LogP contribution in [0.4, 0.5) is 0 Å². The van der Waals surface area contributed by atoms with Gasteiger partial charge in [0.05, 0.1) is 19.1 Å². The Morgan fingerprint density at radius 2 is 2.17 bits per heavy atom. The Labute approximate surface area is 141 Å². The third kappa shape index (κ3) is 5.50. The quantitative estimate of drug-likeness (QED) is 0.659. The predicted molar refractivity (Wildman–Crippen MR) is 87.6 cm³/mol. The van der Waals surface area contributed by atoms with Crippen molar-refractivity contribution in [2.75, 3.05) is 32.8 Å². The number of rotatable bonds is 8. The average molecular weight is 336 g/mol. The second-order valence-electron chi connectivity index (χ2n) is 5.59. The maximum atomic E-state index is 12.0. The van der Waals surface area contributed by atoms with Gasteiger partial charge >= 0.3 is 5.97 Å². The summed E-state index contributed by atoms with van der Waals surface area (Å²) in [6.07, 6.45) is -0.785. The van der Waals surface area contributed by atoms with Gasteiger partial charge in [-0.2, -0.15) is 0 Å². The van der Waals surface area contributed by atoms with Crippen molar-refractivity contribution in [1.82, 2.24) is 10.2 Å². The number of aliphatic hydroxyl groups is 1. The molecule has 2 unspecified atom stereocenters. The van der Waals surface area contributed by atoms with Gasteiger partial charge in [-0.25, -0.2) is 0 Å². The minimum absolute atomic E-state index is 0.0219. The molecule has 0 aromatic heterocycles. The molecule has 132 valence electrons. The molecule has 24 heavy (non-hydrogen) atoms. The van der Waals surface area contributed by atoms with Gasteiger partial charge < -0.3 is 19.9 Å². The molecule has 0 bridgehead atoms. The summed E-state index contributed by atoms with van der Waals surface area (Å²) in [5.41, 5.74) is 0. The lowest BCUT2D eigenvalue weighted by Crippen LogP contribution is -2.57. The second-order valence-corrected chi connectivity index (χ2v) is 5.59. The molecule has 1 aliphatic rings. The number of aliphatic hydroxyl groups excluding tert-OH is 1. The number of ether oxygens (including phenoxy) is 2. The minimum atomic E-state index is -0.763. The summed E-state index contributed by atoms with van der Waals surface area (Å²) in [6.45, 7) is 3.43. The maximum absolute atomic E-state index is 12.0. The molecule has 2 atom stereocenters. The third-order valence-electron chi connectivity index (χ3n) is 3.74. The maximum Gasteiger partial charge on any atom is 0.307 e. The van der Waals surface area contributed by atoms with Gasteiger partial charge in [0.2, 0.25) is 5.91 Å². The number of esters is 1. The van der Waals surface area contributed by atoms with Gasteiger partial charge in [0.1, 0.15) is 18.5 Å². The van der Waals surface area contributed by atoms with Gasteiger partial charge in [-0.05, 0) is 19.1 Å². The molecule has 0 spiro atoms. The molecule has 7 heteroatoms. The number of β-amino-alcohol motifs (C(OH)–C–C–N with tert-alkyl or cyclic N) is 1. The Morgan fingerprint density at radius 1 is 1.42 bits per heavy atom. The Hall–Kier alpha value is -2.12. The Morgan fingerprint density at radius 3 is 2.88 bits per heavy atom. The van der Waals surface area contributed by atoms with Gasteiger partial charge in [-0.1, -0.05) is 18.2 Å². The van der Waals surface area contributed by atoms with Crippen molar-refractivity contribution in [2.45, 2.75) is 25.5 Å². The van der Waals surface area contributed by atoms with E-state index >= 15 is 0 Å². The van der Waals surface area contributed by atoms with Crippen LogP contribution in [0.2, 0.25) is 0 Å². The lowest BCUT2D eigenvalue weighted by atomic mass is 10.1. The lowest BCUT2D eigenvalue weighted by Gasteiger charge is -2.35. The van der Waals surface area contributed by atoms with Gasteiger partial charge in [0, 0.05) is 19.6 Å². The van der Waals surface area contributed by atoms with Crippen LogP contribution in [0.25, 0.3) is 0 Å². The lowest BCUT2D eigenvalue weighted by molar-refractivity contribution is -0.148. The smallest absolute Gasteiger partial charge is 0.307 e. The van der Waals surface area contributed by atoms with E-state index in [9.17, 15) is 14.7 Å². The van der Waals surface area contributed by atoms with E-state index in [-0.39, 0.29) is 32.1 Å². The van der Waals surface area contributed by atoms with E-state index in [1.165, 1.54) is 0 Å². The van der Waals surface area contributed by atoms with Gasteiger partial charge in [0.15, 0.2) is 0 Å². The number of piperazine rings is 1. The number of nitrogens with one attached hydrogen (secondary N) is 1. The Bertz CT molecular complexity index is 537. The van der Waals surface area contributed by atoms with Crippen molar-refractivity contribution in [3.05, 3.63) is 30.3 Å². The van der Waals surface area contributed by atoms with Crippen LogP contribution in [0.5, 0.6) is 5.75 Å². The molecule has 0 saturated carbocycles. The second kappa shape index (κ2) is 9.24. The fraction of sp³-hybridized carbons (Fsp3) is 0.529. The van der Waals surface area contributed by atoms with Crippen LogP contribution in [-0.4, -0.2) is 66.9 Å². The first-order valence-corrected chi connectivity index (χ1v) is 8.13. The fourth-order valence-electron chi connectivity index (χ4n) is 2.61. The van der Waals surface area contributed by atoms with Crippen molar-refractivity contribution in [3.8, 4) is 5.75 Å². The van der Waals surface area contributed by atoms with Crippen LogP contribution < -0.4 is 10.1 Å². The van der Waals surface area contributed by atoms with E-state index < -0.39 is 18.1 Å². The van der Waals surface area contributed by atoms with Crippen LogP contribution in [-0.2, 0) is 14.3 Å². The van der Waals surface area contributed by atoms with Crippen molar-refractivity contribution in [2.24, 2.45) is 0 Å². The molecule has 7 nitrogen and oxygen atoms in total. The summed E-state index contributed by atoms with van der Waals surface area (Å²) >= 11 is 0. The van der Waals surface area contributed by atoms with Crippen LogP contribution in [0.15, 0.2) is 30.3 Å². The van der Waals surface area contributed by atoms with Crippen LogP contribution >= 0.6 is 0 Å². The van der Waals surface area contributed by atoms with E-state index in [2.05, 4.69) is 5.32 Å². The molecule has 0 aliphatic carbocycles. The van der Waals surface area contributed by atoms with E-state index in [4.69, 9.17) is 9.47 Å². The molecule has 2 rings (SSSR count). The molecule has 0 radical (unpaired) electrons. The van der Waals surface area contributed by atoms with E-state index in [0.29, 0.717) is 18.8 Å². The van der Waals surface area contributed by atoms with Crippen LogP contribution in [0.3, 0.4) is 0 Å². The number of amides is 1. The number of hydrogen-bond donors (Lipinski definition) is 2. The zero-order chi connectivity index (χ0) is 17.4. The monoisotopic (exact) mass is 336 g/mol. The molecule has 1 aromatic rings. The van der Waals surface area contributed by atoms with Crippen molar-refractivity contribution >= 4 is 11.9 Å². The number of nitrogens with zero attached hydrogens (tertiary/aromatic N) is 1. The number of para-hydroxylation sites is 1. The molecular weight excluding hydrogens is 312 g/mol. The molecule has 1 heterocycles. The SMILES string of the molecule is CCOC(=O)CC1C(=O)NCCN1CC(O)COc1ccccc1. The van der Waals surface area contributed by atoms with Crippen molar-refractivity contribution in [3.63, 3.8) is 0 Å². The first kappa shape index (κ1) is 18.2. The van der Waals surface area contributed by atoms with Crippen molar-refractivity contribution < 1.29 is 24.2 Å². The summed E-state index contributed by atoms with van der Waals surface area (Å²) < 4.78 is 10.4. The molecule has 2 N–H and O–H groups in total. The normalized spacial score (nSPS) is 19.4. The summed E-state index contributed by atoms with van der Waals surface area (Å²) in [7, 11) is 0. The minimum Gasteiger partial charge on any atom is -0.491 e. The van der Waals surface area contributed by atoms with Crippen LogP contribution in [0, 0.1) is 0 Å². The van der Waals surface area contributed by atoms with Crippen molar-refractivity contribution in [1.29, 1.82) is 0 Å². The summed E-state index contributed by atoms with van der Waals surface area (Å²) in [5, 5.41) is 12.9. The first-order chi connectivity index (χ1) is 11.6. The average Bonchev–Trinajstić information content (AvgIpc) is 2.57. The highest BCUT2D eigenvalue weighted by molar-refractivity contribution is 5.87. The van der Waals surface area contributed by atoms with Crippen LogP contribution in [0.1, 0.15) is 13.3 Å². The Balaban J connectivity index is 1.87. The number of benzene rings is 1. The standard InChI is InChI=1S/C17H24N2O5/c1-2-23-16(21)10-15-17(22)18-8-9-19(15)11-13(20)12-24-14-6-4-3-5-7-14/h3-7,13,15,20H,2,8-12H2,1H3,(H,18,22). The predicted octanol–water partition coefficient (Wildman–Crippen LogP) is 0.180. The number of carbonyl (C=O) groups is 2. The van der Waals surface area contributed by atoms with E-state index in [1.54, 1.807) is 11.8 Å². The highest BCUT2D eigenvalue weighted by Crippen LogP contribution is 2.12. The summed E-state index contributed by atoms with van der Waals surface area (Å²) in [4.78, 5) is 25.5. The molecule has 1 fully saturated rings.